The molecule has 0 saturated carbocycles. The number of phenols is 1. The van der Waals surface area contributed by atoms with Gasteiger partial charge in [-0.25, -0.2) is 4.79 Å². The quantitative estimate of drug-likeness (QED) is 0.508. The van der Waals surface area contributed by atoms with Crippen LogP contribution in [-0.2, 0) is 6.42 Å². The topological polar surface area (TPSA) is 136 Å². The van der Waals surface area contributed by atoms with Crippen LogP contribution in [0.15, 0.2) is 17.6 Å². The Morgan fingerprint density at radius 1 is 1.33 bits per heavy atom. The van der Waals surface area contributed by atoms with E-state index < -0.39 is 18.8 Å². The number of rotatable bonds is 7. The average molecular weight is 393 g/mol. The van der Waals surface area contributed by atoms with Gasteiger partial charge < -0.3 is 29.9 Å². The van der Waals surface area contributed by atoms with E-state index in [-0.39, 0.29) is 30.2 Å². The predicted octanol–water partition coefficient (Wildman–Crippen LogP) is 1.00. The summed E-state index contributed by atoms with van der Waals surface area (Å²) in [5, 5.41) is 46.4. The van der Waals surface area contributed by atoms with Crippen molar-refractivity contribution >= 4 is 29.6 Å². The fraction of sp³-hybridized carbons (Fsp3) is 0.438. The number of nitrogens with zero attached hydrogens (tertiary/aromatic N) is 3. The number of hydrogen-bond acceptors (Lipinski definition) is 9. The van der Waals surface area contributed by atoms with Crippen LogP contribution in [0.1, 0.15) is 28.8 Å². The molecule has 9 nitrogen and oxygen atoms in total. The molecule has 0 amide bonds. The molecular formula is C16H20BN3O6S. The largest absolute Gasteiger partial charge is 0.507 e. The number of ether oxygens (including phenoxy) is 1. The summed E-state index contributed by atoms with van der Waals surface area (Å²) >= 11 is 1.47. The molecule has 1 saturated heterocycles. The third kappa shape index (κ3) is 4.68. The number of piperidine rings is 1. The molecule has 0 radical (unpaired) electrons. The monoisotopic (exact) mass is 393 g/mol. The Hall–Kier alpha value is -2.37. The Morgan fingerprint density at radius 2 is 2.07 bits per heavy atom. The molecule has 0 spiro atoms. The second kappa shape index (κ2) is 8.55. The van der Waals surface area contributed by atoms with Crippen LogP contribution in [0.2, 0.25) is 6.32 Å². The van der Waals surface area contributed by atoms with Crippen molar-refractivity contribution in [3.8, 4) is 11.5 Å². The van der Waals surface area contributed by atoms with Crippen molar-refractivity contribution in [3.63, 3.8) is 0 Å². The number of carbonyl (C=O) groups is 1. The number of aromatic carboxylic acids is 1. The molecule has 144 valence electrons. The zero-order valence-corrected chi connectivity index (χ0v) is 15.3. The van der Waals surface area contributed by atoms with Gasteiger partial charge in [-0.1, -0.05) is 17.4 Å². The van der Waals surface area contributed by atoms with Crippen LogP contribution >= 0.6 is 11.3 Å². The van der Waals surface area contributed by atoms with Gasteiger partial charge in [0, 0.05) is 25.9 Å². The maximum Gasteiger partial charge on any atom is 0.451 e. The van der Waals surface area contributed by atoms with Crippen LogP contribution in [0.25, 0.3) is 0 Å². The van der Waals surface area contributed by atoms with Gasteiger partial charge in [-0.15, -0.1) is 10.2 Å². The highest BCUT2D eigenvalue weighted by atomic mass is 32.1. The molecule has 1 aromatic heterocycles. The molecule has 4 N–H and O–H groups in total. The van der Waals surface area contributed by atoms with Crippen molar-refractivity contribution in [3.05, 3.63) is 28.8 Å². The second-order valence-corrected chi connectivity index (χ2v) is 7.11. The van der Waals surface area contributed by atoms with E-state index in [1.54, 1.807) is 11.6 Å². The summed E-state index contributed by atoms with van der Waals surface area (Å²) < 4.78 is 5.88. The van der Waals surface area contributed by atoms with Crippen LogP contribution in [0.4, 0.5) is 5.13 Å². The normalized spacial score (nSPS) is 15.0. The van der Waals surface area contributed by atoms with Gasteiger partial charge in [0.15, 0.2) is 0 Å². The molecule has 0 bridgehead atoms. The maximum atomic E-state index is 11.6. The van der Waals surface area contributed by atoms with Crippen molar-refractivity contribution in [2.75, 3.05) is 18.0 Å². The van der Waals surface area contributed by atoms with Crippen molar-refractivity contribution < 1.29 is 29.8 Å². The third-order valence-electron chi connectivity index (χ3n) is 4.46. The lowest BCUT2D eigenvalue weighted by Gasteiger charge is -2.32. The Bertz CT molecular complexity index is 781. The van der Waals surface area contributed by atoms with E-state index in [9.17, 15) is 15.0 Å². The van der Waals surface area contributed by atoms with E-state index in [4.69, 9.17) is 14.8 Å². The smallest absolute Gasteiger partial charge is 0.451 e. The lowest BCUT2D eigenvalue weighted by Crippen LogP contribution is -2.38. The molecule has 27 heavy (non-hydrogen) atoms. The van der Waals surface area contributed by atoms with Crippen molar-refractivity contribution in [2.45, 2.75) is 31.7 Å². The van der Waals surface area contributed by atoms with Gasteiger partial charge in [0.2, 0.25) is 5.13 Å². The molecule has 2 aromatic rings. The fourth-order valence-electron chi connectivity index (χ4n) is 3.06. The lowest BCUT2D eigenvalue weighted by atomic mass is 9.82. The summed E-state index contributed by atoms with van der Waals surface area (Å²) in [5.74, 6) is -1.57. The van der Waals surface area contributed by atoms with Crippen molar-refractivity contribution in [1.29, 1.82) is 0 Å². The van der Waals surface area contributed by atoms with Crippen LogP contribution in [-0.4, -0.2) is 62.7 Å². The highest BCUT2D eigenvalue weighted by molar-refractivity contribution is 7.13. The zero-order chi connectivity index (χ0) is 19.4. The van der Waals surface area contributed by atoms with Gasteiger partial charge in [0.05, 0.1) is 0 Å². The van der Waals surface area contributed by atoms with E-state index in [1.807, 2.05) is 0 Å². The molecule has 1 aliphatic heterocycles. The molecule has 0 aliphatic carbocycles. The Morgan fingerprint density at radius 3 is 2.67 bits per heavy atom. The van der Waals surface area contributed by atoms with Gasteiger partial charge >= 0.3 is 13.1 Å². The molecule has 0 unspecified atom stereocenters. The van der Waals surface area contributed by atoms with Crippen LogP contribution < -0.4 is 9.64 Å². The van der Waals surface area contributed by atoms with Gasteiger partial charge in [-0.05, 0) is 24.4 Å². The third-order valence-corrected chi connectivity index (χ3v) is 5.21. The highest BCUT2D eigenvalue weighted by Crippen LogP contribution is 2.34. The van der Waals surface area contributed by atoms with E-state index in [2.05, 4.69) is 15.1 Å². The maximum absolute atomic E-state index is 11.6. The Balaban J connectivity index is 1.69. The first-order chi connectivity index (χ1) is 13.0. The van der Waals surface area contributed by atoms with Crippen molar-refractivity contribution in [2.24, 2.45) is 0 Å². The van der Waals surface area contributed by atoms with E-state index in [1.165, 1.54) is 17.4 Å². The lowest BCUT2D eigenvalue weighted by molar-refractivity contribution is 0.0683. The van der Waals surface area contributed by atoms with Gasteiger partial charge in [0.25, 0.3) is 0 Å². The number of anilines is 1. The first-order valence-corrected chi connectivity index (χ1v) is 9.45. The predicted molar refractivity (Wildman–Crippen MR) is 99.5 cm³/mol. The number of aryl methyl sites for hydroxylation is 1. The first kappa shape index (κ1) is 19.4. The van der Waals surface area contributed by atoms with Gasteiger partial charge in [0.1, 0.15) is 28.7 Å². The number of aromatic hydroxyl groups is 1. The molecule has 1 aromatic carbocycles. The summed E-state index contributed by atoms with van der Waals surface area (Å²) in [4.78, 5) is 13.7. The summed E-state index contributed by atoms with van der Waals surface area (Å²) in [7, 11) is -1.52. The minimum Gasteiger partial charge on any atom is -0.507 e. The second-order valence-electron chi connectivity index (χ2n) is 6.30. The van der Waals surface area contributed by atoms with Crippen LogP contribution in [0.3, 0.4) is 0 Å². The number of benzene rings is 1. The summed E-state index contributed by atoms with van der Waals surface area (Å²) in [5.41, 5.74) is 1.71. The van der Waals surface area contributed by atoms with E-state index >= 15 is 0 Å². The number of carboxylic acid groups (broad SMARTS) is 1. The van der Waals surface area contributed by atoms with Gasteiger partial charge in [-0.3, -0.25) is 0 Å². The zero-order valence-electron chi connectivity index (χ0n) is 14.5. The standard InChI is InChI=1S/C16H20BN3O6S/c21-14-10(3-6-17(24)25)1-2-12(13(14)15(22)23)26-11-4-7-20(8-5-11)16-19-18-9-27-16/h1-2,9,11,21,24-25H,3-8H2,(H,22,23). The number of hydrogen-bond donors (Lipinski definition) is 4. The Labute approximate surface area is 160 Å². The number of carboxylic acids is 1. The molecular weight excluding hydrogens is 373 g/mol. The van der Waals surface area contributed by atoms with Crippen molar-refractivity contribution in [1.82, 2.24) is 10.2 Å². The molecule has 1 fully saturated rings. The van der Waals surface area contributed by atoms with E-state index in [0.29, 0.717) is 18.4 Å². The average Bonchev–Trinajstić information content (AvgIpc) is 3.16. The molecule has 2 heterocycles. The minimum atomic E-state index is -1.52. The molecule has 1 aliphatic rings. The first-order valence-electron chi connectivity index (χ1n) is 8.57. The summed E-state index contributed by atoms with van der Waals surface area (Å²) in [6.45, 7) is 1.45. The van der Waals surface area contributed by atoms with Crippen LogP contribution in [0.5, 0.6) is 11.5 Å². The molecule has 3 rings (SSSR count). The van der Waals surface area contributed by atoms with E-state index in [0.717, 1.165) is 18.2 Å². The fourth-order valence-corrected chi connectivity index (χ4v) is 3.67. The summed E-state index contributed by atoms with van der Waals surface area (Å²) in [6, 6.07) is 3.06. The molecule has 0 atom stereocenters. The number of aromatic nitrogens is 2. The summed E-state index contributed by atoms with van der Waals surface area (Å²) in [6.07, 6.45) is 1.36. The molecule has 11 heteroatoms. The minimum absolute atomic E-state index is 0.00308. The van der Waals surface area contributed by atoms with Crippen LogP contribution in [0, 0.1) is 0 Å². The highest BCUT2D eigenvalue weighted by Gasteiger charge is 2.26. The van der Waals surface area contributed by atoms with Gasteiger partial charge in [-0.2, -0.15) is 0 Å². The Kier molecular flexibility index (Phi) is 6.14. The SMILES string of the molecule is O=C(O)c1c(OC2CCN(c3nncs3)CC2)ccc(CCB(O)O)c1O.